The first-order chi connectivity index (χ1) is 14.4. The number of methoxy groups -OCH3 is 2. The van der Waals surface area contributed by atoms with E-state index < -0.39 is 0 Å². The lowest BCUT2D eigenvalue weighted by atomic mass is 10.0. The maximum atomic E-state index is 12.5. The smallest absolute Gasteiger partial charge is 0.244 e. The highest BCUT2D eigenvalue weighted by atomic mass is 16.5. The highest BCUT2D eigenvalue weighted by Crippen LogP contribution is 2.29. The zero-order valence-electron chi connectivity index (χ0n) is 17.9. The van der Waals surface area contributed by atoms with Crippen molar-refractivity contribution in [1.29, 1.82) is 0 Å². The van der Waals surface area contributed by atoms with Gasteiger partial charge in [0.25, 0.3) is 0 Å². The molecule has 0 spiro atoms. The Morgan fingerprint density at radius 3 is 2.43 bits per heavy atom. The van der Waals surface area contributed by atoms with Gasteiger partial charge < -0.3 is 14.8 Å². The number of carbonyl (C=O) groups is 1. The van der Waals surface area contributed by atoms with E-state index in [0.717, 1.165) is 11.1 Å². The fourth-order valence-corrected chi connectivity index (χ4v) is 3.11. The summed E-state index contributed by atoms with van der Waals surface area (Å²) in [6, 6.07) is 13.2. The Morgan fingerprint density at radius 1 is 1.07 bits per heavy atom. The molecule has 0 unspecified atom stereocenters. The van der Waals surface area contributed by atoms with Crippen LogP contribution in [0.2, 0.25) is 0 Å². The van der Waals surface area contributed by atoms with Gasteiger partial charge in [-0.25, -0.2) is 0 Å². The van der Waals surface area contributed by atoms with Gasteiger partial charge in [-0.2, -0.15) is 4.80 Å². The summed E-state index contributed by atoms with van der Waals surface area (Å²) in [5, 5.41) is 15.3. The average molecular weight is 409 g/mol. The molecule has 0 radical (unpaired) electrons. The van der Waals surface area contributed by atoms with E-state index in [1.807, 2.05) is 37.3 Å². The third-order valence-electron chi connectivity index (χ3n) is 4.85. The first-order valence-corrected chi connectivity index (χ1v) is 9.80. The molecule has 3 aromatic rings. The number of amides is 1. The molecule has 1 atom stereocenters. The van der Waals surface area contributed by atoms with Gasteiger partial charge in [-0.15, -0.1) is 10.2 Å². The van der Waals surface area contributed by atoms with Gasteiger partial charge in [-0.1, -0.05) is 38.1 Å². The van der Waals surface area contributed by atoms with Crippen molar-refractivity contribution >= 4 is 5.91 Å². The van der Waals surface area contributed by atoms with E-state index in [1.54, 1.807) is 14.2 Å². The van der Waals surface area contributed by atoms with E-state index in [4.69, 9.17) is 9.47 Å². The fraction of sp³-hybridized carbons (Fsp3) is 0.364. The highest BCUT2D eigenvalue weighted by Gasteiger charge is 2.17. The molecule has 8 nitrogen and oxygen atoms in total. The Bertz CT molecular complexity index is 998. The van der Waals surface area contributed by atoms with Gasteiger partial charge in [0.05, 0.1) is 20.3 Å². The van der Waals surface area contributed by atoms with E-state index in [0.29, 0.717) is 23.2 Å². The second-order valence-electron chi connectivity index (χ2n) is 7.32. The molecule has 1 amide bonds. The lowest BCUT2D eigenvalue weighted by molar-refractivity contribution is -0.122. The number of hydrogen-bond acceptors (Lipinski definition) is 6. The predicted octanol–water partition coefficient (Wildman–Crippen LogP) is 3.36. The van der Waals surface area contributed by atoms with Crippen LogP contribution in [0.1, 0.15) is 43.9 Å². The van der Waals surface area contributed by atoms with Crippen LogP contribution >= 0.6 is 0 Å². The molecule has 8 heteroatoms. The number of aromatic nitrogens is 4. The summed E-state index contributed by atoms with van der Waals surface area (Å²) in [7, 11) is 3.19. The van der Waals surface area contributed by atoms with Crippen LogP contribution in [0.15, 0.2) is 42.5 Å². The van der Waals surface area contributed by atoms with Gasteiger partial charge in [0.2, 0.25) is 11.7 Å². The van der Waals surface area contributed by atoms with E-state index >= 15 is 0 Å². The third-order valence-corrected chi connectivity index (χ3v) is 4.85. The number of ether oxygens (including phenoxy) is 2. The predicted molar refractivity (Wildman–Crippen MR) is 113 cm³/mol. The SMILES string of the molecule is COc1ccc(OC)c([C@@H](C)NC(=O)Cn2nnc(-c3ccc(C(C)C)cc3)n2)c1. The van der Waals surface area contributed by atoms with Gasteiger partial charge in [-0.3, -0.25) is 4.79 Å². The summed E-state index contributed by atoms with van der Waals surface area (Å²) >= 11 is 0. The fourth-order valence-electron chi connectivity index (χ4n) is 3.11. The molecule has 158 valence electrons. The number of carbonyl (C=O) groups excluding carboxylic acids is 1. The summed E-state index contributed by atoms with van der Waals surface area (Å²) in [5.74, 6) is 2.08. The van der Waals surface area contributed by atoms with Gasteiger partial charge in [0, 0.05) is 11.1 Å². The minimum atomic E-state index is -0.283. The Hall–Kier alpha value is -3.42. The van der Waals surface area contributed by atoms with Crippen molar-refractivity contribution in [2.45, 2.75) is 39.3 Å². The summed E-state index contributed by atoms with van der Waals surface area (Å²) in [6.07, 6.45) is 0. The molecule has 0 fully saturated rings. The molecule has 0 aliphatic carbocycles. The van der Waals surface area contributed by atoms with Crippen molar-refractivity contribution in [2.75, 3.05) is 14.2 Å². The number of nitrogens with one attached hydrogen (secondary N) is 1. The van der Waals surface area contributed by atoms with Crippen LogP contribution in [-0.4, -0.2) is 40.3 Å². The molecule has 1 N–H and O–H groups in total. The van der Waals surface area contributed by atoms with Crippen LogP contribution in [0, 0.1) is 0 Å². The summed E-state index contributed by atoms with van der Waals surface area (Å²) in [4.78, 5) is 13.8. The maximum absolute atomic E-state index is 12.5. The summed E-state index contributed by atoms with van der Waals surface area (Å²) in [5.41, 5.74) is 2.93. The number of tetrazole rings is 1. The monoisotopic (exact) mass is 409 g/mol. The molecule has 0 aliphatic rings. The maximum Gasteiger partial charge on any atom is 0.244 e. The van der Waals surface area contributed by atoms with Crippen LogP contribution in [-0.2, 0) is 11.3 Å². The van der Waals surface area contributed by atoms with Gasteiger partial charge in [-0.05, 0) is 41.8 Å². The largest absolute Gasteiger partial charge is 0.497 e. The van der Waals surface area contributed by atoms with Crippen LogP contribution in [0.4, 0.5) is 0 Å². The quantitative estimate of drug-likeness (QED) is 0.613. The Kier molecular flexibility index (Phi) is 6.66. The normalized spacial score (nSPS) is 11.9. The van der Waals surface area contributed by atoms with Gasteiger partial charge >= 0.3 is 0 Å². The highest BCUT2D eigenvalue weighted by molar-refractivity contribution is 5.76. The van der Waals surface area contributed by atoms with Crippen LogP contribution in [0.3, 0.4) is 0 Å². The van der Waals surface area contributed by atoms with Crippen molar-refractivity contribution in [3.8, 4) is 22.9 Å². The minimum Gasteiger partial charge on any atom is -0.497 e. The average Bonchev–Trinajstić information content (AvgIpc) is 3.21. The molecule has 0 aliphatic heterocycles. The van der Waals surface area contributed by atoms with Crippen LogP contribution < -0.4 is 14.8 Å². The van der Waals surface area contributed by atoms with Gasteiger partial charge in [0.15, 0.2) is 0 Å². The van der Waals surface area contributed by atoms with E-state index in [1.165, 1.54) is 10.4 Å². The molecule has 3 rings (SSSR count). The molecule has 1 aromatic heterocycles. The number of rotatable bonds is 8. The topological polar surface area (TPSA) is 91.2 Å². The third kappa shape index (κ3) is 4.94. The molecule has 0 saturated carbocycles. The number of benzene rings is 2. The first-order valence-electron chi connectivity index (χ1n) is 9.80. The second-order valence-corrected chi connectivity index (χ2v) is 7.32. The standard InChI is InChI=1S/C22H27N5O3/c1-14(2)16-6-8-17(9-7-16)22-24-26-27(25-22)13-21(28)23-15(3)19-12-18(29-4)10-11-20(19)30-5/h6-12,14-15H,13H2,1-5H3,(H,23,28)/t15-/m1/s1. The van der Waals surface area contributed by atoms with Crippen molar-refractivity contribution in [3.63, 3.8) is 0 Å². The van der Waals surface area contributed by atoms with E-state index in [2.05, 4.69) is 46.7 Å². The number of nitrogens with zero attached hydrogens (tertiary/aromatic N) is 4. The Labute approximate surface area is 176 Å². The molecular formula is C22H27N5O3. The lowest BCUT2D eigenvalue weighted by Gasteiger charge is -2.18. The van der Waals surface area contributed by atoms with Crippen molar-refractivity contribution in [2.24, 2.45) is 0 Å². The molecule has 1 heterocycles. The zero-order chi connectivity index (χ0) is 21.7. The number of hydrogen-bond donors (Lipinski definition) is 1. The summed E-state index contributed by atoms with van der Waals surface area (Å²) < 4.78 is 10.7. The second kappa shape index (κ2) is 9.39. The van der Waals surface area contributed by atoms with Crippen molar-refractivity contribution in [1.82, 2.24) is 25.5 Å². The molecule has 30 heavy (non-hydrogen) atoms. The molecule has 0 bridgehead atoms. The zero-order valence-corrected chi connectivity index (χ0v) is 17.9. The van der Waals surface area contributed by atoms with E-state index in [-0.39, 0.29) is 18.5 Å². The van der Waals surface area contributed by atoms with Crippen molar-refractivity contribution in [3.05, 3.63) is 53.6 Å². The van der Waals surface area contributed by atoms with Crippen LogP contribution in [0.25, 0.3) is 11.4 Å². The molecular weight excluding hydrogens is 382 g/mol. The molecule has 0 saturated heterocycles. The minimum absolute atomic E-state index is 0.0340. The van der Waals surface area contributed by atoms with E-state index in [9.17, 15) is 4.79 Å². The van der Waals surface area contributed by atoms with Gasteiger partial charge in [0.1, 0.15) is 18.0 Å². The van der Waals surface area contributed by atoms with Crippen LogP contribution in [0.5, 0.6) is 11.5 Å². The Morgan fingerprint density at radius 2 is 1.80 bits per heavy atom. The Balaban J connectivity index is 1.66. The lowest BCUT2D eigenvalue weighted by Crippen LogP contribution is -2.31. The summed E-state index contributed by atoms with van der Waals surface area (Å²) in [6.45, 7) is 6.13. The molecule has 2 aromatic carbocycles. The van der Waals surface area contributed by atoms with Crippen molar-refractivity contribution < 1.29 is 14.3 Å². The first kappa shape index (κ1) is 21.3.